The van der Waals surface area contributed by atoms with E-state index < -0.39 is 10.8 Å². The standard InChI is InChI=1S/C12H18ClNO2S/c1-2-14-11(6-7-15)9-17(16)12-5-3-4-10(13)8-12/h3-5,8,11,14-15H,2,6-7,9H2,1H3. The summed E-state index contributed by atoms with van der Waals surface area (Å²) in [6.45, 7) is 2.90. The Morgan fingerprint density at radius 2 is 2.29 bits per heavy atom. The number of benzene rings is 1. The molecule has 0 radical (unpaired) electrons. The third kappa shape index (κ3) is 5.17. The second kappa shape index (κ2) is 7.82. The Bertz CT molecular complexity index is 367. The molecule has 2 N–H and O–H groups in total. The summed E-state index contributed by atoms with van der Waals surface area (Å²) in [6, 6.07) is 7.16. The van der Waals surface area contributed by atoms with Crippen LogP contribution in [0.15, 0.2) is 29.2 Å². The molecule has 0 aliphatic heterocycles. The van der Waals surface area contributed by atoms with Crippen molar-refractivity contribution in [2.24, 2.45) is 0 Å². The highest BCUT2D eigenvalue weighted by Gasteiger charge is 2.12. The summed E-state index contributed by atoms with van der Waals surface area (Å²) in [5, 5.41) is 12.7. The smallest absolute Gasteiger partial charge is 0.0545 e. The summed E-state index contributed by atoms with van der Waals surface area (Å²) in [5.74, 6) is 0.495. The van der Waals surface area contributed by atoms with Gasteiger partial charge in [-0.1, -0.05) is 24.6 Å². The van der Waals surface area contributed by atoms with E-state index >= 15 is 0 Å². The Kier molecular flexibility index (Phi) is 6.73. The van der Waals surface area contributed by atoms with Crippen LogP contribution in [0.25, 0.3) is 0 Å². The Morgan fingerprint density at radius 3 is 2.88 bits per heavy atom. The third-order valence-electron chi connectivity index (χ3n) is 2.38. The van der Waals surface area contributed by atoms with Gasteiger partial charge in [-0.25, -0.2) is 0 Å². The van der Waals surface area contributed by atoms with E-state index in [0.717, 1.165) is 11.4 Å². The van der Waals surface area contributed by atoms with Crippen LogP contribution in [-0.2, 0) is 10.8 Å². The Balaban J connectivity index is 2.63. The molecule has 0 amide bonds. The molecule has 2 unspecified atom stereocenters. The van der Waals surface area contributed by atoms with Crippen molar-refractivity contribution in [1.29, 1.82) is 0 Å². The van der Waals surface area contributed by atoms with Gasteiger partial charge in [-0.3, -0.25) is 4.21 Å². The molecular formula is C12H18ClNO2S. The number of hydrogen-bond acceptors (Lipinski definition) is 3. The molecule has 5 heteroatoms. The van der Waals surface area contributed by atoms with Crippen molar-refractivity contribution in [3.05, 3.63) is 29.3 Å². The monoisotopic (exact) mass is 275 g/mol. The fourth-order valence-corrected chi connectivity index (χ4v) is 3.16. The molecule has 17 heavy (non-hydrogen) atoms. The van der Waals surface area contributed by atoms with Gasteiger partial charge in [0, 0.05) is 28.3 Å². The van der Waals surface area contributed by atoms with E-state index in [4.69, 9.17) is 16.7 Å². The molecule has 0 aliphatic carbocycles. The summed E-state index contributed by atoms with van der Waals surface area (Å²) in [6.07, 6.45) is 0.611. The van der Waals surface area contributed by atoms with Crippen LogP contribution in [0.1, 0.15) is 13.3 Å². The predicted molar refractivity (Wildman–Crippen MR) is 71.9 cm³/mol. The minimum Gasteiger partial charge on any atom is -0.396 e. The summed E-state index contributed by atoms with van der Waals surface area (Å²) >= 11 is 5.86. The summed E-state index contributed by atoms with van der Waals surface area (Å²) in [7, 11) is -1.08. The average Bonchev–Trinajstić information content (AvgIpc) is 2.29. The molecule has 3 nitrogen and oxygen atoms in total. The fourth-order valence-electron chi connectivity index (χ4n) is 1.58. The van der Waals surface area contributed by atoms with Crippen molar-refractivity contribution < 1.29 is 9.32 Å². The number of hydrogen-bond donors (Lipinski definition) is 2. The van der Waals surface area contributed by atoms with Crippen LogP contribution in [0.2, 0.25) is 5.02 Å². The molecule has 0 aromatic heterocycles. The van der Waals surface area contributed by atoms with Crippen molar-refractivity contribution in [1.82, 2.24) is 5.32 Å². The minimum atomic E-state index is -1.08. The zero-order chi connectivity index (χ0) is 12.7. The van der Waals surface area contributed by atoms with Gasteiger partial charge in [0.05, 0.1) is 10.8 Å². The number of aliphatic hydroxyl groups excluding tert-OH is 1. The van der Waals surface area contributed by atoms with Gasteiger partial charge in [0.25, 0.3) is 0 Å². The van der Waals surface area contributed by atoms with Crippen LogP contribution < -0.4 is 5.32 Å². The van der Waals surface area contributed by atoms with Crippen molar-refractivity contribution in [3.63, 3.8) is 0 Å². The van der Waals surface area contributed by atoms with Crippen molar-refractivity contribution in [2.75, 3.05) is 18.9 Å². The van der Waals surface area contributed by atoms with E-state index in [2.05, 4.69) is 5.32 Å². The number of aliphatic hydroxyl groups is 1. The zero-order valence-electron chi connectivity index (χ0n) is 9.86. The van der Waals surface area contributed by atoms with E-state index in [1.165, 1.54) is 0 Å². The highest BCUT2D eigenvalue weighted by atomic mass is 35.5. The second-order valence-electron chi connectivity index (χ2n) is 3.74. The van der Waals surface area contributed by atoms with Crippen molar-refractivity contribution in [2.45, 2.75) is 24.3 Å². The first-order chi connectivity index (χ1) is 8.17. The van der Waals surface area contributed by atoms with Crippen molar-refractivity contribution in [3.8, 4) is 0 Å². The molecule has 96 valence electrons. The van der Waals surface area contributed by atoms with Crippen LogP contribution in [-0.4, -0.2) is 34.3 Å². The van der Waals surface area contributed by atoms with Gasteiger partial charge in [0.15, 0.2) is 0 Å². The first-order valence-electron chi connectivity index (χ1n) is 5.65. The Morgan fingerprint density at radius 1 is 1.53 bits per heavy atom. The number of rotatable bonds is 7. The van der Waals surface area contributed by atoms with Gasteiger partial charge in [0.2, 0.25) is 0 Å². The minimum absolute atomic E-state index is 0.0739. The molecule has 2 atom stereocenters. The quantitative estimate of drug-likeness (QED) is 0.798. The first kappa shape index (κ1) is 14.6. The van der Waals surface area contributed by atoms with Crippen LogP contribution in [0.4, 0.5) is 0 Å². The molecule has 0 saturated carbocycles. The lowest BCUT2D eigenvalue weighted by molar-refractivity contribution is 0.270. The maximum Gasteiger partial charge on any atom is 0.0545 e. The average molecular weight is 276 g/mol. The van der Waals surface area contributed by atoms with E-state index in [-0.39, 0.29) is 12.6 Å². The fraction of sp³-hybridized carbons (Fsp3) is 0.500. The Hall–Kier alpha value is -0.420. The first-order valence-corrected chi connectivity index (χ1v) is 7.35. The number of nitrogens with one attached hydrogen (secondary N) is 1. The molecule has 1 aromatic carbocycles. The topological polar surface area (TPSA) is 49.3 Å². The van der Waals surface area contributed by atoms with Gasteiger partial charge in [-0.2, -0.15) is 0 Å². The van der Waals surface area contributed by atoms with E-state index in [9.17, 15) is 4.21 Å². The summed E-state index contributed by atoms with van der Waals surface area (Å²) in [5.41, 5.74) is 0. The summed E-state index contributed by atoms with van der Waals surface area (Å²) in [4.78, 5) is 0.735. The molecular weight excluding hydrogens is 258 g/mol. The van der Waals surface area contributed by atoms with Gasteiger partial charge >= 0.3 is 0 Å². The molecule has 0 bridgehead atoms. The maximum absolute atomic E-state index is 12.1. The molecule has 0 aliphatic rings. The molecule has 0 saturated heterocycles. The zero-order valence-corrected chi connectivity index (χ0v) is 11.4. The van der Waals surface area contributed by atoms with Gasteiger partial charge < -0.3 is 10.4 Å². The highest BCUT2D eigenvalue weighted by molar-refractivity contribution is 7.85. The third-order valence-corrected chi connectivity index (χ3v) is 4.10. The molecule has 0 heterocycles. The summed E-state index contributed by atoms with van der Waals surface area (Å²) < 4.78 is 12.1. The highest BCUT2D eigenvalue weighted by Crippen LogP contribution is 2.15. The van der Waals surface area contributed by atoms with Crippen LogP contribution in [0.5, 0.6) is 0 Å². The van der Waals surface area contributed by atoms with Crippen LogP contribution >= 0.6 is 11.6 Å². The number of halogens is 1. The van der Waals surface area contributed by atoms with Gasteiger partial charge in [-0.05, 0) is 31.2 Å². The van der Waals surface area contributed by atoms with E-state index in [1.807, 2.05) is 13.0 Å². The maximum atomic E-state index is 12.1. The molecule has 0 fully saturated rings. The Labute approximate surface area is 110 Å². The molecule has 1 rings (SSSR count). The largest absolute Gasteiger partial charge is 0.396 e. The lowest BCUT2D eigenvalue weighted by Gasteiger charge is -2.16. The lowest BCUT2D eigenvalue weighted by Crippen LogP contribution is -2.34. The van der Waals surface area contributed by atoms with E-state index in [0.29, 0.717) is 17.2 Å². The molecule has 0 spiro atoms. The van der Waals surface area contributed by atoms with E-state index in [1.54, 1.807) is 18.2 Å². The van der Waals surface area contributed by atoms with Gasteiger partial charge in [-0.15, -0.1) is 0 Å². The lowest BCUT2D eigenvalue weighted by atomic mass is 10.2. The van der Waals surface area contributed by atoms with Crippen molar-refractivity contribution >= 4 is 22.4 Å². The van der Waals surface area contributed by atoms with Gasteiger partial charge in [0.1, 0.15) is 0 Å². The second-order valence-corrected chi connectivity index (χ2v) is 5.67. The molecule has 1 aromatic rings. The predicted octanol–water partition coefficient (Wildman–Crippen LogP) is 1.81. The van der Waals surface area contributed by atoms with Crippen LogP contribution in [0.3, 0.4) is 0 Å². The SMILES string of the molecule is CCNC(CCO)CS(=O)c1cccc(Cl)c1. The van der Waals surface area contributed by atoms with Crippen LogP contribution in [0, 0.1) is 0 Å². The normalized spacial score (nSPS) is 14.5.